The van der Waals surface area contributed by atoms with Crippen LogP contribution in [-0.2, 0) is 6.18 Å². The lowest BCUT2D eigenvalue weighted by molar-refractivity contribution is -0.152. The smallest absolute Gasteiger partial charge is 0.431 e. The molecule has 2 nitrogen and oxygen atoms in total. The number of hydrogen-bond donors (Lipinski definition) is 0. The zero-order chi connectivity index (χ0) is 16.6. The highest BCUT2D eigenvalue weighted by Crippen LogP contribution is 2.40. The van der Waals surface area contributed by atoms with Gasteiger partial charge < -0.3 is 4.42 Å². The van der Waals surface area contributed by atoms with E-state index in [4.69, 9.17) is 4.42 Å². The van der Waals surface area contributed by atoms with Crippen LogP contribution in [0.25, 0.3) is 22.7 Å². The van der Waals surface area contributed by atoms with Crippen molar-refractivity contribution in [2.75, 3.05) is 0 Å². The van der Waals surface area contributed by atoms with Crippen molar-refractivity contribution in [2.24, 2.45) is 0 Å². The maximum atomic E-state index is 13.3. The van der Waals surface area contributed by atoms with Crippen molar-refractivity contribution in [3.63, 3.8) is 0 Å². The summed E-state index contributed by atoms with van der Waals surface area (Å²) in [5, 5.41) is 0. The van der Waals surface area contributed by atoms with E-state index in [0.717, 1.165) is 11.1 Å². The van der Waals surface area contributed by atoms with Crippen molar-refractivity contribution < 1.29 is 17.6 Å². The zero-order valence-electron chi connectivity index (χ0n) is 12.6. The van der Waals surface area contributed by atoms with Crippen LogP contribution in [-0.4, -0.2) is 4.98 Å². The molecule has 0 aliphatic heterocycles. The Kier molecular flexibility index (Phi) is 3.72. The minimum atomic E-state index is -4.60. The Hall–Kier alpha value is -2.56. The molecule has 0 bridgehead atoms. The fraction of sp³-hybridized carbons (Fsp3) is 0.167. The maximum absolute atomic E-state index is 13.3. The van der Waals surface area contributed by atoms with Crippen molar-refractivity contribution in [3.8, 4) is 22.7 Å². The summed E-state index contributed by atoms with van der Waals surface area (Å²) in [4.78, 5) is 4.11. The van der Waals surface area contributed by atoms with Gasteiger partial charge in [-0.05, 0) is 38.1 Å². The largest absolute Gasteiger partial charge is 0.451 e. The summed E-state index contributed by atoms with van der Waals surface area (Å²) in [6.45, 7) is 3.67. The summed E-state index contributed by atoms with van der Waals surface area (Å²) < 4.78 is 45.1. The fourth-order valence-corrected chi connectivity index (χ4v) is 2.52. The Morgan fingerprint density at radius 2 is 1.48 bits per heavy atom. The molecule has 0 spiro atoms. The Morgan fingerprint density at radius 1 is 0.870 bits per heavy atom. The highest BCUT2D eigenvalue weighted by Gasteiger charge is 2.40. The maximum Gasteiger partial charge on any atom is 0.451 e. The third kappa shape index (κ3) is 3.13. The van der Waals surface area contributed by atoms with Crippen molar-refractivity contribution in [1.82, 2.24) is 4.98 Å². The van der Waals surface area contributed by atoms with Crippen LogP contribution < -0.4 is 0 Å². The molecular formula is C18H14F3NO. The molecule has 23 heavy (non-hydrogen) atoms. The molecule has 3 aromatic rings. The minimum Gasteiger partial charge on any atom is -0.431 e. The van der Waals surface area contributed by atoms with Crippen LogP contribution >= 0.6 is 0 Å². The first-order valence-corrected chi connectivity index (χ1v) is 7.07. The standard InChI is InChI=1S/C18H14F3NO/c1-11-8-12(2)10-14(9-11)15-16(18(19,20)21)23-17(22-15)13-6-4-3-5-7-13/h3-10H,1-2H3. The first kappa shape index (κ1) is 15.3. The highest BCUT2D eigenvalue weighted by molar-refractivity contribution is 5.67. The first-order valence-electron chi connectivity index (χ1n) is 7.07. The molecule has 0 saturated heterocycles. The number of oxazole rings is 1. The number of nitrogens with zero attached hydrogens (tertiary/aromatic N) is 1. The van der Waals surface area contributed by atoms with Crippen LogP contribution in [0.5, 0.6) is 0 Å². The number of halogens is 3. The van der Waals surface area contributed by atoms with Crippen LogP contribution in [0.3, 0.4) is 0 Å². The molecular weight excluding hydrogens is 303 g/mol. The van der Waals surface area contributed by atoms with Crippen molar-refractivity contribution in [2.45, 2.75) is 20.0 Å². The summed E-state index contributed by atoms with van der Waals surface area (Å²) in [6, 6.07) is 13.8. The average molecular weight is 317 g/mol. The van der Waals surface area contributed by atoms with E-state index in [1.807, 2.05) is 19.9 Å². The van der Waals surface area contributed by atoms with Gasteiger partial charge in [0.2, 0.25) is 11.7 Å². The normalized spacial score (nSPS) is 11.7. The Bertz CT molecular complexity index is 815. The second-order valence-corrected chi connectivity index (χ2v) is 5.44. The Labute approximate surface area is 131 Å². The van der Waals surface area contributed by atoms with E-state index in [9.17, 15) is 13.2 Å². The van der Waals surface area contributed by atoms with Crippen LogP contribution in [0.15, 0.2) is 52.9 Å². The van der Waals surface area contributed by atoms with Crippen molar-refractivity contribution in [3.05, 3.63) is 65.4 Å². The lowest BCUT2D eigenvalue weighted by atomic mass is 10.0. The summed E-state index contributed by atoms with van der Waals surface area (Å²) >= 11 is 0. The molecule has 0 amide bonds. The minimum absolute atomic E-state index is 0.0351. The summed E-state index contributed by atoms with van der Waals surface area (Å²) in [5.74, 6) is -1.10. The fourth-order valence-electron chi connectivity index (χ4n) is 2.52. The van der Waals surface area contributed by atoms with E-state index in [-0.39, 0.29) is 11.6 Å². The van der Waals surface area contributed by atoms with Crippen LogP contribution in [0, 0.1) is 13.8 Å². The molecule has 0 radical (unpaired) electrons. The van der Waals surface area contributed by atoms with Crippen LogP contribution in [0.4, 0.5) is 13.2 Å². The van der Waals surface area contributed by atoms with Gasteiger partial charge in [-0.25, -0.2) is 4.98 Å². The average Bonchev–Trinajstić information content (AvgIpc) is 2.92. The third-order valence-electron chi connectivity index (χ3n) is 3.40. The molecule has 0 aliphatic carbocycles. The molecule has 1 aromatic heterocycles. The second kappa shape index (κ2) is 5.57. The van der Waals surface area contributed by atoms with Crippen LogP contribution in [0.2, 0.25) is 0 Å². The van der Waals surface area contributed by atoms with E-state index in [1.54, 1.807) is 42.5 Å². The quantitative estimate of drug-likeness (QED) is 0.611. The molecule has 0 atom stereocenters. The van der Waals surface area contributed by atoms with Crippen molar-refractivity contribution in [1.29, 1.82) is 0 Å². The number of alkyl halides is 3. The van der Waals surface area contributed by atoms with Gasteiger partial charge in [0.05, 0.1) is 0 Å². The van der Waals surface area contributed by atoms with Gasteiger partial charge in [-0.1, -0.05) is 35.4 Å². The molecule has 0 N–H and O–H groups in total. The number of hydrogen-bond acceptors (Lipinski definition) is 2. The Balaban J connectivity index is 2.21. The number of aromatic nitrogens is 1. The summed E-state index contributed by atoms with van der Waals surface area (Å²) in [5.41, 5.74) is 2.48. The van der Waals surface area contributed by atoms with Gasteiger partial charge in [0.25, 0.3) is 0 Å². The molecule has 3 rings (SSSR count). The molecule has 2 aromatic carbocycles. The van der Waals surface area contributed by atoms with E-state index in [2.05, 4.69) is 4.98 Å². The van der Waals surface area contributed by atoms with E-state index < -0.39 is 11.9 Å². The SMILES string of the molecule is Cc1cc(C)cc(-c2nc(-c3ccccc3)oc2C(F)(F)F)c1. The van der Waals surface area contributed by atoms with E-state index >= 15 is 0 Å². The van der Waals surface area contributed by atoms with Gasteiger partial charge in [0.15, 0.2) is 0 Å². The predicted molar refractivity (Wildman–Crippen MR) is 81.9 cm³/mol. The van der Waals surface area contributed by atoms with Crippen molar-refractivity contribution >= 4 is 0 Å². The molecule has 118 valence electrons. The van der Waals surface area contributed by atoms with Gasteiger partial charge >= 0.3 is 6.18 Å². The Morgan fingerprint density at radius 3 is 2.04 bits per heavy atom. The monoisotopic (exact) mass is 317 g/mol. The molecule has 0 unspecified atom stereocenters. The van der Waals surface area contributed by atoms with Gasteiger partial charge in [-0.2, -0.15) is 13.2 Å². The van der Waals surface area contributed by atoms with Gasteiger partial charge in [-0.15, -0.1) is 0 Å². The number of aryl methyl sites for hydroxylation is 2. The number of benzene rings is 2. The topological polar surface area (TPSA) is 26.0 Å². The van der Waals surface area contributed by atoms with Gasteiger partial charge in [0, 0.05) is 11.1 Å². The molecule has 5 heteroatoms. The summed E-state index contributed by atoms with van der Waals surface area (Å²) in [7, 11) is 0. The van der Waals surface area contributed by atoms with E-state index in [0.29, 0.717) is 11.1 Å². The molecule has 0 fully saturated rings. The predicted octanol–water partition coefficient (Wildman–Crippen LogP) is 5.64. The van der Waals surface area contributed by atoms with Crippen LogP contribution in [0.1, 0.15) is 16.9 Å². The lowest BCUT2D eigenvalue weighted by Crippen LogP contribution is -2.05. The van der Waals surface area contributed by atoms with Gasteiger partial charge in [0.1, 0.15) is 5.69 Å². The second-order valence-electron chi connectivity index (χ2n) is 5.44. The number of rotatable bonds is 2. The zero-order valence-corrected chi connectivity index (χ0v) is 12.6. The molecule has 0 saturated carbocycles. The van der Waals surface area contributed by atoms with Gasteiger partial charge in [-0.3, -0.25) is 0 Å². The first-order chi connectivity index (χ1) is 10.8. The van der Waals surface area contributed by atoms with E-state index in [1.165, 1.54) is 0 Å². The highest BCUT2D eigenvalue weighted by atomic mass is 19.4. The molecule has 1 heterocycles. The molecule has 0 aliphatic rings. The third-order valence-corrected chi connectivity index (χ3v) is 3.40. The lowest BCUT2D eigenvalue weighted by Gasteiger charge is -2.06. The summed E-state index contributed by atoms with van der Waals surface area (Å²) in [6.07, 6.45) is -4.60.